The quantitative estimate of drug-likeness (QED) is 0.664. The molecule has 2 aromatic heterocycles. The Hall–Kier alpha value is -1.60. The molecule has 0 spiro atoms. The Balaban J connectivity index is 2.11. The third-order valence-electron chi connectivity index (χ3n) is 2.42. The number of aryl methyl sites for hydroxylation is 1. The predicted octanol–water partition coefficient (Wildman–Crippen LogP) is 4.57. The second kappa shape index (κ2) is 5.80. The highest BCUT2D eigenvalue weighted by molar-refractivity contribution is 7.11. The van der Waals surface area contributed by atoms with Crippen LogP contribution in [0.25, 0.3) is 0 Å². The number of anilines is 1. The van der Waals surface area contributed by atoms with Crippen molar-refractivity contribution in [1.82, 2.24) is 4.98 Å². The summed E-state index contributed by atoms with van der Waals surface area (Å²) in [5.74, 6) is 0.0742. The van der Waals surface area contributed by atoms with Crippen LogP contribution in [0.4, 0.5) is 19.0 Å². The average Bonchev–Trinajstić information content (AvgIpc) is 2.76. The molecule has 3 nitrogen and oxygen atoms in total. The van der Waals surface area contributed by atoms with E-state index in [2.05, 4.69) is 15.5 Å². The Morgan fingerprint density at radius 2 is 2.20 bits per heavy atom. The Morgan fingerprint density at radius 1 is 1.45 bits per heavy atom. The SMILES string of the molecule is Cc1ccsc1/C=N/Nc1ncc(C(F)(F)F)cc1Cl. The van der Waals surface area contributed by atoms with Crippen LogP contribution in [0.3, 0.4) is 0 Å². The van der Waals surface area contributed by atoms with E-state index in [9.17, 15) is 13.2 Å². The molecule has 1 N–H and O–H groups in total. The monoisotopic (exact) mass is 319 g/mol. The summed E-state index contributed by atoms with van der Waals surface area (Å²) in [6.45, 7) is 1.93. The Labute approximate surface area is 122 Å². The molecule has 0 atom stereocenters. The van der Waals surface area contributed by atoms with E-state index in [1.165, 1.54) is 11.3 Å². The van der Waals surface area contributed by atoms with E-state index in [4.69, 9.17) is 11.6 Å². The lowest BCUT2D eigenvalue weighted by molar-refractivity contribution is -0.137. The number of hydrogen-bond donors (Lipinski definition) is 1. The van der Waals surface area contributed by atoms with E-state index in [1.807, 2.05) is 18.4 Å². The summed E-state index contributed by atoms with van der Waals surface area (Å²) in [5.41, 5.74) is 2.69. The van der Waals surface area contributed by atoms with Gasteiger partial charge in [0.1, 0.15) is 0 Å². The van der Waals surface area contributed by atoms with Crippen LogP contribution in [-0.2, 0) is 6.18 Å². The van der Waals surface area contributed by atoms with Gasteiger partial charge in [-0.15, -0.1) is 11.3 Å². The van der Waals surface area contributed by atoms with E-state index < -0.39 is 11.7 Å². The van der Waals surface area contributed by atoms with Crippen molar-refractivity contribution in [1.29, 1.82) is 0 Å². The van der Waals surface area contributed by atoms with Gasteiger partial charge < -0.3 is 0 Å². The van der Waals surface area contributed by atoms with E-state index in [1.54, 1.807) is 6.21 Å². The number of rotatable bonds is 3. The maximum absolute atomic E-state index is 12.4. The molecule has 0 saturated carbocycles. The standard InChI is InChI=1S/C12H9ClF3N3S/c1-7-2-3-20-10(7)6-18-19-11-9(13)4-8(5-17-11)12(14,15)16/h2-6H,1H3,(H,17,19)/b18-6+. The fourth-order valence-corrected chi connectivity index (χ4v) is 2.34. The van der Waals surface area contributed by atoms with Crippen LogP contribution in [0, 0.1) is 6.92 Å². The molecule has 0 aliphatic rings. The zero-order chi connectivity index (χ0) is 14.8. The van der Waals surface area contributed by atoms with Crippen molar-refractivity contribution in [3.63, 3.8) is 0 Å². The molecule has 2 heterocycles. The molecular formula is C12H9ClF3N3S. The number of hydrazone groups is 1. The zero-order valence-electron chi connectivity index (χ0n) is 10.2. The summed E-state index contributed by atoms with van der Waals surface area (Å²) in [5, 5.41) is 5.68. The molecule has 0 amide bonds. The number of halogens is 4. The zero-order valence-corrected chi connectivity index (χ0v) is 11.8. The summed E-state index contributed by atoms with van der Waals surface area (Å²) in [7, 11) is 0. The minimum Gasteiger partial charge on any atom is -0.260 e. The van der Waals surface area contributed by atoms with Crippen molar-refractivity contribution in [2.45, 2.75) is 13.1 Å². The maximum Gasteiger partial charge on any atom is 0.417 e. The van der Waals surface area contributed by atoms with E-state index >= 15 is 0 Å². The summed E-state index contributed by atoms with van der Waals surface area (Å²) in [4.78, 5) is 4.56. The largest absolute Gasteiger partial charge is 0.417 e. The molecule has 0 fully saturated rings. The van der Waals surface area contributed by atoms with Crippen LogP contribution < -0.4 is 5.43 Å². The van der Waals surface area contributed by atoms with Gasteiger partial charge in [0, 0.05) is 11.1 Å². The van der Waals surface area contributed by atoms with Crippen molar-refractivity contribution in [3.05, 3.63) is 44.7 Å². The molecule has 2 rings (SSSR count). The van der Waals surface area contributed by atoms with Gasteiger partial charge in [0.2, 0.25) is 0 Å². The number of hydrogen-bond acceptors (Lipinski definition) is 4. The lowest BCUT2D eigenvalue weighted by Crippen LogP contribution is -2.06. The van der Waals surface area contributed by atoms with Crippen LogP contribution in [-0.4, -0.2) is 11.2 Å². The molecule has 0 aliphatic carbocycles. The molecule has 20 heavy (non-hydrogen) atoms. The minimum absolute atomic E-state index is 0.0742. The molecule has 0 radical (unpaired) electrons. The molecule has 0 unspecified atom stereocenters. The van der Waals surface area contributed by atoms with Crippen LogP contribution >= 0.6 is 22.9 Å². The Morgan fingerprint density at radius 3 is 2.75 bits per heavy atom. The Kier molecular flexibility index (Phi) is 4.29. The Bertz CT molecular complexity index is 637. The molecule has 0 saturated heterocycles. The lowest BCUT2D eigenvalue weighted by atomic mass is 10.3. The number of alkyl halides is 3. The van der Waals surface area contributed by atoms with Crippen molar-refractivity contribution in [2.24, 2.45) is 5.10 Å². The highest BCUT2D eigenvalue weighted by Gasteiger charge is 2.31. The van der Waals surface area contributed by atoms with Gasteiger partial charge in [-0.3, -0.25) is 5.43 Å². The van der Waals surface area contributed by atoms with Gasteiger partial charge in [-0.2, -0.15) is 18.3 Å². The van der Waals surface area contributed by atoms with Gasteiger partial charge in [0.15, 0.2) is 5.82 Å². The van der Waals surface area contributed by atoms with Gasteiger partial charge in [0.25, 0.3) is 0 Å². The molecule has 0 bridgehead atoms. The third kappa shape index (κ3) is 3.49. The predicted molar refractivity (Wildman–Crippen MR) is 74.5 cm³/mol. The van der Waals surface area contributed by atoms with Crippen molar-refractivity contribution >= 4 is 35.0 Å². The summed E-state index contributed by atoms with van der Waals surface area (Å²) in [6, 6.07) is 2.75. The molecule has 0 aromatic carbocycles. The number of aromatic nitrogens is 1. The highest BCUT2D eigenvalue weighted by Crippen LogP contribution is 2.32. The first-order chi connectivity index (χ1) is 9.38. The van der Waals surface area contributed by atoms with Crippen LogP contribution in [0.1, 0.15) is 16.0 Å². The normalized spacial score (nSPS) is 12.1. The minimum atomic E-state index is -4.47. The lowest BCUT2D eigenvalue weighted by Gasteiger charge is -2.08. The summed E-state index contributed by atoms with van der Waals surface area (Å²) < 4.78 is 37.3. The maximum atomic E-state index is 12.4. The summed E-state index contributed by atoms with van der Waals surface area (Å²) in [6.07, 6.45) is -2.19. The highest BCUT2D eigenvalue weighted by atomic mass is 35.5. The third-order valence-corrected chi connectivity index (χ3v) is 3.66. The van der Waals surface area contributed by atoms with Crippen LogP contribution in [0.5, 0.6) is 0 Å². The second-order valence-electron chi connectivity index (χ2n) is 3.89. The fraction of sp³-hybridized carbons (Fsp3) is 0.167. The molecule has 106 valence electrons. The van der Waals surface area contributed by atoms with Crippen molar-refractivity contribution < 1.29 is 13.2 Å². The molecule has 0 aliphatic heterocycles. The van der Waals surface area contributed by atoms with Gasteiger partial charge in [-0.25, -0.2) is 4.98 Å². The number of pyridine rings is 1. The van der Waals surface area contributed by atoms with Crippen LogP contribution in [0.2, 0.25) is 5.02 Å². The molecule has 2 aromatic rings. The topological polar surface area (TPSA) is 37.3 Å². The first-order valence-electron chi connectivity index (χ1n) is 5.44. The van der Waals surface area contributed by atoms with Gasteiger partial charge >= 0.3 is 6.18 Å². The smallest absolute Gasteiger partial charge is 0.260 e. The van der Waals surface area contributed by atoms with E-state index in [0.717, 1.165) is 16.5 Å². The molecule has 8 heteroatoms. The number of thiophene rings is 1. The van der Waals surface area contributed by atoms with Gasteiger partial charge in [0.05, 0.1) is 16.8 Å². The first-order valence-corrected chi connectivity index (χ1v) is 6.69. The van der Waals surface area contributed by atoms with Gasteiger partial charge in [-0.05, 0) is 30.0 Å². The van der Waals surface area contributed by atoms with Crippen molar-refractivity contribution in [3.8, 4) is 0 Å². The number of nitrogens with one attached hydrogen (secondary N) is 1. The van der Waals surface area contributed by atoms with E-state index in [-0.39, 0.29) is 10.8 Å². The van der Waals surface area contributed by atoms with Gasteiger partial charge in [-0.1, -0.05) is 11.6 Å². The van der Waals surface area contributed by atoms with E-state index in [0.29, 0.717) is 6.20 Å². The van der Waals surface area contributed by atoms with Crippen molar-refractivity contribution in [2.75, 3.05) is 5.43 Å². The first kappa shape index (κ1) is 14.8. The number of nitrogens with zero attached hydrogens (tertiary/aromatic N) is 2. The molecular weight excluding hydrogens is 311 g/mol. The fourth-order valence-electron chi connectivity index (χ4n) is 1.34. The summed E-state index contributed by atoms with van der Waals surface area (Å²) >= 11 is 7.23. The average molecular weight is 320 g/mol. The van der Waals surface area contributed by atoms with Crippen LogP contribution in [0.15, 0.2) is 28.8 Å². The second-order valence-corrected chi connectivity index (χ2v) is 5.24.